The van der Waals surface area contributed by atoms with Gasteiger partial charge in [0.15, 0.2) is 5.78 Å². The number of anilines is 1. The van der Waals surface area contributed by atoms with E-state index < -0.39 is 0 Å². The van der Waals surface area contributed by atoms with Gasteiger partial charge in [0.05, 0.1) is 0 Å². The summed E-state index contributed by atoms with van der Waals surface area (Å²) in [5.74, 6) is 0.0581. The number of hydrogen-bond donors (Lipinski definition) is 1. The highest BCUT2D eigenvalue weighted by molar-refractivity contribution is 5.92. The van der Waals surface area contributed by atoms with Crippen LogP contribution in [-0.2, 0) is 4.79 Å². The minimum atomic E-state index is -0.267. The maximum atomic E-state index is 12.9. The molecule has 0 heterocycles. The monoisotopic (exact) mass is 281 g/mol. The number of ketones is 1. The summed E-state index contributed by atoms with van der Waals surface area (Å²) in [6.07, 6.45) is 2.98. The Balaban J connectivity index is 1.76. The van der Waals surface area contributed by atoms with Crippen LogP contribution in [0.15, 0.2) is 66.4 Å². The first-order valence-corrected chi connectivity index (χ1v) is 7.01. The lowest BCUT2D eigenvalue weighted by Crippen LogP contribution is -2.16. The molecule has 1 aliphatic carbocycles. The van der Waals surface area contributed by atoms with E-state index >= 15 is 0 Å². The van der Waals surface area contributed by atoms with Gasteiger partial charge in [0.1, 0.15) is 5.82 Å². The SMILES string of the molecule is O=C1C=C(Nc2ccc(F)cc2)C[C@H](c2ccccc2)C1. The molecule has 0 aromatic heterocycles. The molecule has 0 amide bonds. The van der Waals surface area contributed by atoms with Crippen molar-refractivity contribution < 1.29 is 9.18 Å². The van der Waals surface area contributed by atoms with E-state index in [4.69, 9.17) is 0 Å². The summed E-state index contributed by atoms with van der Waals surface area (Å²) < 4.78 is 12.9. The number of rotatable bonds is 3. The highest BCUT2D eigenvalue weighted by Crippen LogP contribution is 2.31. The second-order valence-corrected chi connectivity index (χ2v) is 5.28. The quantitative estimate of drug-likeness (QED) is 0.910. The number of halogens is 1. The standard InChI is InChI=1S/C18H16FNO/c19-15-6-8-16(9-7-15)20-17-10-14(11-18(21)12-17)13-4-2-1-3-5-13/h1-9,12,14,20H,10-11H2/t14-/m0/s1. The summed E-state index contributed by atoms with van der Waals surface area (Å²) >= 11 is 0. The third-order valence-electron chi connectivity index (χ3n) is 3.67. The van der Waals surface area contributed by atoms with Gasteiger partial charge in [-0.25, -0.2) is 4.39 Å². The lowest BCUT2D eigenvalue weighted by atomic mass is 9.85. The van der Waals surface area contributed by atoms with Crippen molar-refractivity contribution in [3.63, 3.8) is 0 Å². The summed E-state index contributed by atoms with van der Waals surface area (Å²) in [5.41, 5.74) is 2.85. The molecule has 0 fully saturated rings. The second-order valence-electron chi connectivity index (χ2n) is 5.28. The van der Waals surface area contributed by atoms with Gasteiger partial charge in [-0.3, -0.25) is 4.79 Å². The molecule has 0 aliphatic heterocycles. The number of hydrogen-bond acceptors (Lipinski definition) is 2. The fourth-order valence-corrected chi connectivity index (χ4v) is 2.66. The number of carbonyl (C=O) groups excluding carboxylic acids is 1. The van der Waals surface area contributed by atoms with Crippen LogP contribution >= 0.6 is 0 Å². The normalized spacial score (nSPS) is 18.2. The Bertz CT molecular complexity index is 661. The highest BCUT2D eigenvalue weighted by Gasteiger charge is 2.22. The van der Waals surface area contributed by atoms with Crippen LogP contribution in [0.2, 0.25) is 0 Å². The first-order chi connectivity index (χ1) is 10.2. The zero-order chi connectivity index (χ0) is 14.7. The second kappa shape index (κ2) is 5.92. The average Bonchev–Trinajstić information content (AvgIpc) is 2.50. The number of benzene rings is 2. The maximum absolute atomic E-state index is 12.9. The van der Waals surface area contributed by atoms with E-state index in [0.29, 0.717) is 6.42 Å². The van der Waals surface area contributed by atoms with Crippen LogP contribution in [0.1, 0.15) is 24.3 Å². The molecule has 2 aromatic carbocycles. The molecule has 3 heteroatoms. The fourth-order valence-electron chi connectivity index (χ4n) is 2.66. The molecule has 0 saturated carbocycles. The molecule has 1 aliphatic rings. The predicted octanol–water partition coefficient (Wildman–Crippen LogP) is 4.27. The zero-order valence-corrected chi connectivity index (χ0v) is 11.6. The highest BCUT2D eigenvalue weighted by atomic mass is 19.1. The number of carbonyl (C=O) groups is 1. The van der Waals surface area contributed by atoms with Crippen LogP contribution in [-0.4, -0.2) is 5.78 Å². The van der Waals surface area contributed by atoms with Crippen LogP contribution in [0.5, 0.6) is 0 Å². The zero-order valence-electron chi connectivity index (χ0n) is 11.6. The van der Waals surface area contributed by atoms with Gasteiger partial charge in [-0.05, 0) is 42.2 Å². The van der Waals surface area contributed by atoms with E-state index in [0.717, 1.165) is 17.8 Å². The third kappa shape index (κ3) is 3.37. The fraction of sp³-hybridized carbons (Fsp3) is 0.167. The minimum Gasteiger partial charge on any atom is -0.359 e. The summed E-state index contributed by atoms with van der Waals surface area (Å²) in [6.45, 7) is 0. The molecule has 0 spiro atoms. The Morgan fingerprint density at radius 1 is 0.952 bits per heavy atom. The van der Waals surface area contributed by atoms with Gasteiger partial charge in [0, 0.05) is 23.9 Å². The Hall–Kier alpha value is -2.42. The van der Waals surface area contributed by atoms with Crippen molar-refractivity contribution in [2.24, 2.45) is 0 Å². The van der Waals surface area contributed by atoms with Gasteiger partial charge in [-0.15, -0.1) is 0 Å². The Labute approximate surface area is 123 Å². The predicted molar refractivity (Wildman–Crippen MR) is 81.5 cm³/mol. The Morgan fingerprint density at radius 2 is 1.67 bits per heavy atom. The van der Waals surface area contributed by atoms with Crippen LogP contribution in [0.3, 0.4) is 0 Å². The van der Waals surface area contributed by atoms with Crippen molar-refractivity contribution >= 4 is 11.5 Å². The molecule has 2 aromatic rings. The van der Waals surface area contributed by atoms with Crippen molar-refractivity contribution in [1.82, 2.24) is 0 Å². The smallest absolute Gasteiger partial charge is 0.158 e. The van der Waals surface area contributed by atoms with Crippen molar-refractivity contribution in [2.45, 2.75) is 18.8 Å². The summed E-state index contributed by atoms with van der Waals surface area (Å²) in [6, 6.07) is 16.2. The summed E-state index contributed by atoms with van der Waals surface area (Å²) in [7, 11) is 0. The topological polar surface area (TPSA) is 29.1 Å². The van der Waals surface area contributed by atoms with Gasteiger partial charge in [-0.1, -0.05) is 30.3 Å². The molecule has 0 bridgehead atoms. The molecule has 2 nitrogen and oxygen atoms in total. The van der Waals surface area contributed by atoms with E-state index in [9.17, 15) is 9.18 Å². The summed E-state index contributed by atoms with van der Waals surface area (Å²) in [5, 5.41) is 3.21. The van der Waals surface area contributed by atoms with Gasteiger partial charge in [0.25, 0.3) is 0 Å². The van der Waals surface area contributed by atoms with E-state index in [1.165, 1.54) is 17.7 Å². The molecule has 3 rings (SSSR count). The third-order valence-corrected chi connectivity index (χ3v) is 3.67. The van der Waals surface area contributed by atoms with Gasteiger partial charge in [0.2, 0.25) is 0 Å². The number of nitrogens with one attached hydrogen (secondary N) is 1. The van der Waals surface area contributed by atoms with E-state index in [2.05, 4.69) is 17.4 Å². The van der Waals surface area contributed by atoms with E-state index in [1.54, 1.807) is 18.2 Å². The molecular weight excluding hydrogens is 265 g/mol. The Kier molecular flexibility index (Phi) is 3.82. The molecule has 0 unspecified atom stereocenters. The van der Waals surface area contributed by atoms with Crippen LogP contribution in [0, 0.1) is 5.82 Å². The molecular formula is C18H16FNO. The minimum absolute atomic E-state index is 0.125. The lowest BCUT2D eigenvalue weighted by Gasteiger charge is -2.23. The molecule has 106 valence electrons. The molecule has 0 radical (unpaired) electrons. The average molecular weight is 281 g/mol. The van der Waals surface area contributed by atoms with Crippen LogP contribution in [0.4, 0.5) is 10.1 Å². The van der Waals surface area contributed by atoms with Gasteiger partial charge >= 0.3 is 0 Å². The van der Waals surface area contributed by atoms with Crippen LogP contribution in [0.25, 0.3) is 0 Å². The van der Waals surface area contributed by atoms with E-state index in [1.807, 2.05) is 18.2 Å². The molecule has 1 N–H and O–H groups in total. The molecule has 21 heavy (non-hydrogen) atoms. The largest absolute Gasteiger partial charge is 0.359 e. The van der Waals surface area contributed by atoms with Crippen molar-refractivity contribution in [1.29, 1.82) is 0 Å². The first-order valence-electron chi connectivity index (χ1n) is 7.01. The van der Waals surface area contributed by atoms with Gasteiger partial charge < -0.3 is 5.32 Å². The van der Waals surface area contributed by atoms with Crippen molar-refractivity contribution in [3.8, 4) is 0 Å². The van der Waals surface area contributed by atoms with E-state index in [-0.39, 0.29) is 17.5 Å². The lowest BCUT2D eigenvalue weighted by molar-refractivity contribution is -0.115. The number of allylic oxidation sites excluding steroid dienone is 2. The van der Waals surface area contributed by atoms with Crippen molar-refractivity contribution in [2.75, 3.05) is 5.32 Å². The van der Waals surface area contributed by atoms with Crippen LogP contribution < -0.4 is 5.32 Å². The maximum Gasteiger partial charge on any atom is 0.158 e. The van der Waals surface area contributed by atoms with Crippen molar-refractivity contribution in [3.05, 3.63) is 77.8 Å². The molecule has 1 atom stereocenters. The van der Waals surface area contributed by atoms with Gasteiger partial charge in [-0.2, -0.15) is 0 Å². The summed E-state index contributed by atoms with van der Waals surface area (Å²) in [4.78, 5) is 11.9. The Morgan fingerprint density at radius 3 is 2.38 bits per heavy atom. The molecule has 0 saturated heterocycles. The first kappa shape index (κ1) is 13.6.